The molecular weight excluding hydrogens is 328 g/mol. The third-order valence-electron chi connectivity index (χ3n) is 4.80. The van der Waals surface area contributed by atoms with E-state index in [1.165, 1.54) is 11.1 Å². The van der Waals surface area contributed by atoms with Crippen molar-refractivity contribution in [1.29, 1.82) is 0 Å². The number of rotatable bonds is 7. The third kappa shape index (κ3) is 4.64. The maximum Gasteiger partial charge on any atom is 0.317 e. The number of carbonyl (C=O) groups excluding carboxylic acids is 1. The largest absolute Gasteiger partial charge is 0.376 e. The number of aromatic nitrogens is 2. The molecule has 26 heavy (non-hydrogen) atoms. The first-order valence-corrected chi connectivity index (χ1v) is 9.36. The first-order valence-electron chi connectivity index (χ1n) is 9.36. The van der Waals surface area contributed by atoms with Gasteiger partial charge in [0.15, 0.2) is 0 Å². The third-order valence-corrected chi connectivity index (χ3v) is 4.80. The van der Waals surface area contributed by atoms with Crippen LogP contribution < -0.4 is 5.32 Å². The highest BCUT2D eigenvalue weighted by Gasteiger charge is 2.23. The summed E-state index contributed by atoms with van der Waals surface area (Å²) in [5, 5.41) is 2.90. The molecule has 1 fully saturated rings. The van der Waals surface area contributed by atoms with Crippen molar-refractivity contribution in [1.82, 2.24) is 19.8 Å². The van der Waals surface area contributed by atoms with E-state index >= 15 is 0 Å². The second kappa shape index (κ2) is 8.85. The second-order valence-electron chi connectivity index (χ2n) is 6.75. The number of hydrogen-bond donors (Lipinski definition) is 1. The predicted octanol–water partition coefficient (Wildman–Crippen LogP) is 2.95. The number of urea groups is 1. The SMILES string of the molecule is CCNC(=O)N(Cc1nccn1Cc1ccccc1C)CC1CCCO1. The van der Waals surface area contributed by atoms with Gasteiger partial charge in [-0.05, 0) is 37.8 Å². The molecule has 6 heteroatoms. The van der Waals surface area contributed by atoms with Gasteiger partial charge in [0.2, 0.25) is 0 Å². The molecule has 0 bridgehead atoms. The van der Waals surface area contributed by atoms with Crippen LogP contribution in [0.1, 0.15) is 36.7 Å². The fraction of sp³-hybridized carbons (Fsp3) is 0.500. The Kier molecular flexibility index (Phi) is 6.28. The summed E-state index contributed by atoms with van der Waals surface area (Å²) >= 11 is 0. The van der Waals surface area contributed by atoms with E-state index in [-0.39, 0.29) is 12.1 Å². The van der Waals surface area contributed by atoms with E-state index in [9.17, 15) is 4.79 Å². The molecule has 2 amide bonds. The molecule has 140 valence electrons. The minimum Gasteiger partial charge on any atom is -0.376 e. The average Bonchev–Trinajstić information content (AvgIpc) is 3.29. The van der Waals surface area contributed by atoms with Gasteiger partial charge in [0, 0.05) is 38.6 Å². The number of nitrogens with zero attached hydrogens (tertiary/aromatic N) is 3. The summed E-state index contributed by atoms with van der Waals surface area (Å²) in [4.78, 5) is 18.8. The van der Waals surface area contributed by atoms with Gasteiger partial charge in [-0.2, -0.15) is 0 Å². The monoisotopic (exact) mass is 356 g/mol. The molecule has 1 aliphatic heterocycles. The van der Waals surface area contributed by atoms with Crippen molar-refractivity contribution in [3.8, 4) is 0 Å². The Labute approximate surface area is 155 Å². The minimum absolute atomic E-state index is 0.0616. The molecule has 1 aromatic carbocycles. The number of nitrogens with one attached hydrogen (secondary N) is 1. The first-order chi connectivity index (χ1) is 12.7. The van der Waals surface area contributed by atoms with E-state index < -0.39 is 0 Å². The minimum atomic E-state index is -0.0616. The van der Waals surface area contributed by atoms with E-state index in [1.807, 2.05) is 24.1 Å². The van der Waals surface area contributed by atoms with Crippen molar-refractivity contribution in [2.24, 2.45) is 0 Å². The Balaban J connectivity index is 1.73. The lowest BCUT2D eigenvalue weighted by Crippen LogP contribution is -2.43. The Hall–Kier alpha value is -2.34. The molecule has 3 rings (SSSR count). The van der Waals surface area contributed by atoms with Gasteiger partial charge in [-0.3, -0.25) is 0 Å². The molecule has 0 saturated carbocycles. The van der Waals surface area contributed by atoms with Crippen LogP contribution in [0.5, 0.6) is 0 Å². The highest BCUT2D eigenvalue weighted by atomic mass is 16.5. The quantitative estimate of drug-likeness (QED) is 0.830. The van der Waals surface area contributed by atoms with Crippen LogP contribution in [0.3, 0.4) is 0 Å². The van der Waals surface area contributed by atoms with Crippen LogP contribution in [-0.4, -0.2) is 46.3 Å². The summed E-state index contributed by atoms with van der Waals surface area (Å²) < 4.78 is 7.84. The van der Waals surface area contributed by atoms with Crippen LogP contribution >= 0.6 is 0 Å². The van der Waals surface area contributed by atoms with E-state index in [0.717, 1.165) is 31.8 Å². The predicted molar refractivity (Wildman–Crippen MR) is 101 cm³/mol. The highest BCUT2D eigenvalue weighted by molar-refractivity contribution is 5.74. The average molecular weight is 356 g/mol. The van der Waals surface area contributed by atoms with Crippen molar-refractivity contribution in [3.05, 3.63) is 53.6 Å². The molecule has 1 aromatic heterocycles. The molecule has 1 atom stereocenters. The number of imidazole rings is 1. The molecule has 1 unspecified atom stereocenters. The van der Waals surface area contributed by atoms with Gasteiger partial charge in [0.1, 0.15) is 5.82 Å². The van der Waals surface area contributed by atoms with E-state index in [2.05, 4.69) is 40.0 Å². The molecule has 1 aliphatic rings. The van der Waals surface area contributed by atoms with Crippen LogP contribution in [0, 0.1) is 6.92 Å². The van der Waals surface area contributed by atoms with Crippen LogP contribution in [0.25, 0.3) is 0 Å². The standard InChI is InChI=1S/C20H28N4O2/c1-3-21-20(25)24(14-18-9-6-12-26-18)15-19-22-10-11-23(19)13-17-8-5-4-7-16(17)2/h4-5,7-8,10-11,18H,3,6,9,12-15H2,1-2H3,(H,21,25). The Bertz CT molecular complexity index is 722. The second-order valence-corrected chi connectivity index (χ2v) is 6.75. The van der Waals surface area contributed by atoms with Crippen molar-refractivity contribution < 1.29 is 9.53 Å². The van der Waals surface area contributed by atoms with Gasteiger partial charge < -0.3 is 19.5 Å². The number of amides is 2. The summed E-state index contributed by atoms with van der Waals surface area (Å²) in [5.74, 6) is 0.887. The summed E-state index contributed by atoms with van der Waals surface area (Å²) in [6.07, 6.45) is 5.97. The molecule has 6 nitrogen and oxygen atoms in total. The van der Waals surface area contributed by atoms with Gasteiger partial charge in [0.05, 0.1) is 12.6 Å². The molecule has 0 aliphatic carbocycles. The molecule has 0 radical (unpaired) electrons. The van der Waals surface area contributed by atoms with Crippen molar-refractivity contribution >= 4 is 6.03 Å². The molecular formula is C20H28N4O2. The van der Waals surface area contributed by atoms with Gasteiger partial charge in [-0.15, -0.1) is 0 Å². The summed E-state index contributed by atoms with van der Waals surface area (Å²) in [5.41, 5.74) is 2.52. The summed E-state index contributed by atoms with van der Waals surface area (Å²) in [6.45, 7) is 7.28. The van der Waals surface area contributed by atoms with Crippen LogP contribution in [0.2, 0.25) is 0 Å². The van der Waals surface area contributed by atoms with E-state index in [1.54, 1.807) is 6.20 Å². The van der Waals surface area contributed by atoms with Gasteiger partial charge in [-0.1, -0.05) is 24.3 Å². The lowest BCUT2D eigenvalue weighted by molar-refractivity contribution is 0.0787. The zero-order chi connectivity index (χ0) is 18.4. The Morgan fingerprint density at radius 1 is 1.42 bits per heavy atom. The molecule has 1 N–H and O–H groups in total. The summed E-state index contributed by atoms with van der Waals surface area (Å²) in [6, 6.07) is 8.29. The van der Waals surface area contributed by atoms with Crippen LogP contribution in [0.15, 0.2) is 36.7 Å². The molecule has 1 saturated heterocycles. The van der Waals surface area contributed by atoms with E-state index in [4.69, 9.17) is 4.74 Å². The zero-order valence-electron chi connectivity index (χ0n) is 15.6. The van der Waals surface area contributed by atoms with Crippen molar-refractivity contribution in [2.45, 2.75) is 45.9 Å². The van der Waals surface area contributed by atoms with Crippen molar-refractivity contribution in [2.75, 3.05) is 19.7 Å². The molecule has 2 aromatic rings. The van der Waals surface area contributed by atoms with Crippen LogP contribution in [0.4, 0.5) is 4.79 Å². The van der Waals surface area contributed by atoms with Gasteiger partial charge in [-0.25, -0.2) is 9.78 Å². The lowest BCUT2D eigenvalue weighted by Gasteiger charge is -2.25. The van der Waals surface area contributed by atoms with Gasteiger partial charge in [0.25, 0.3) is 0 Å². The first kappa shape index (κ1) is 18.5. The fourth-order valence-electron chi connectivity index (χ4n) is 3.29. The number of hydrogen-bond acceptors (Lipinski definition) is 3. The van der Waals surface area contributed by atoms with Gasteiger partial charge >= 0.3 is 6.03 Å². The lowest BCUT2D eigenvalue weighted by atomic mass is 10.1. The normalized spacial score (nSPS) is 16.6. The topological polar surface area (TPSA) is 59.4 Å². The number of ether oxygens (including phenoxy) is 1. The molecule has 0 spiro atoms. The zero-order valence-corrected chi connectivity index (χ0v) is 15.6. The number of aryl methyl sites for hydroxylation is 1. The Morgan fingerprint density at radius 3 is 3.00 bits per heavy atom. The number of benzene rings is 1. The van der Waals surface area contributed by atoms with Crippen LogP contribution in [-0.2, 0) is 17.8 Å². The summed E-state index contributed by atoms with van der Waals surface area (Å²) in [7, 11) is 0. The Morgan fingerprint density at radius 2 is 2.27 bits per heavy atom. The van der Waals surface area contributed by atoms with Crippen molar-refractivity contribution in [3.63, 3.8) is 0 Å². The maximum absolute atomic E-state index is 12.5. The fourth-order valence-corrected chi connectivity index (χ4v) is 3.29. The maximum atomic E-state index is 12.5. The molecule has 2 heterocycles. The number of carbonyl (C=O) groups is 1. The highest BCUT2D eigenvalue weighted by Crippen LogP contribution is 2.16. The van der Waals surface area contributed by atoms with E-state index in [0.29, 0.717) is 19.6 Å². The smallest absolute Gasteiger partial charge is 0.317 e.